The van der Waals surface area contributed by atoms with Gasteiger partial charge in [0.15, 0.2) is 5.11 Å². The van der Waals surface area contributed by atoms with E-state index in [1.54, 1.807) is 24.5 Å². The van der Waals surface area contributed by atoms with Gasteiger partial charge in [0.05, 0.1) is 23.3 Å². The van der Waals surface area contributed by atoms with Crippen LogP contribution in [0.1, 0.15) is 56.2 Å². The van der Waals surface area contributed by atoms with Crippen LogP contribution in [0.25, 0.3) is 5.69 Å². The van der Waals surface area contributed by atoms with Gasteiger partial charge in [-0.05, 0) is 86.1 Å². The number of carbonyl (C=O) groups is 1. The van der Waals surface area contributed by atoms with Crippen LogP contribution in [0.3, 0.4) is 0 Å². The summed E-state index contributed by atoms with van der Waals surface area (Å²) in [4.78, 5) is 22.8. The number of thiocarbonyl (C=S) groups is 1. The number of pyridine rings is 2. The van der Waals surface area contributed by atoms with Crippen molar-refractivity contribution in [2.45, 2.75) is 39.4 Å². The van der Waals surface area contributed by atoms with Crippen LogP contribution in [0.5, 0.6) is 0 Å². The van der Waals surface area contributed by atoms with Crippen molar-refractivity contribution in [3.05, 3.63) is 113 Å². The fraction of sp³-hybridized carbons (Fsp3) is 0.214. The summed E-state index contributed by atoms with van der Waals surface area (Å²) in [7, 11) is 0. The first kappa shape index (κ1) is 23.7. The van der Waals surface area contributed by atoms with Crippen molar-refractivity contribution >= 4 is 23.3 Å². The summed E-state index contributed by atoms with van der Waals surface area (Å²) in [5.41, 5.74) is 7.26. The van der Waals surface area contributed by atoms with E-state index < -0.39 is 5.97 Å². The Balaban J connectivity index is 1.64. The van der Waals surface area contributed by atoms with E-state index in [1.165, 1.54) is 0 Å². The molecule has 0 saturated carbocycles. The summed E-state index contributed by atoms with van der Waals surface area (Å²) in [5, 5.41) is 13.7. The zero-order valence-corrected chi connectivity index (χ0v) is 21.2. The van der Waals surface area contributed by atoms with Crippen molar-refractivity contribution in [2.75, 3.05) is 0 Å². The van der Waals surface area contributed by atoms with E-state index in [0.717, 1.165) is 39.5 Å². The van der Waals surface area contributed by atoms with Crippen LogP contribution in [0.15, 0.2) is 73.2 Å². The second-order valence-corrected chi connectivity index (χ2v) is 9.47. The molecule has 2 unspecified atom stereocenters. The van der Waals surface area contributed by atoms with Gasteiger partial charge < -0.3 is 19.9 Å². The number of benzene rings is 1. The predicted molar refractivity (Wildman–Crippen MR) is 142 cm³/mol. The summed E-state index contributed by atoms with van der Waals surface area (Å²) in [6.45, 7) is 6.72. The molecular weight excluding hydrogens is 470 g/mol. The van der Waals surface area contributed by atoms with Gasteiger partial charge in [-0.15, -0.1) is 0 Å². The normalized spacial score (nSPS) is 17.3. The highest BCUT2D eigenvalue weighted by atomic mass is 32.1. The molecule has 2 N–H and O–H groups in total. The molecule has 182 valence electrons. The summed E-state index contributed by atoms with van der Waals surface area (Å²) in [6, 6.07) is 17.0. The van der Waals surface area contributed by atoms with E-state index in [2.05, 4.69) is 37.7 Å². The van der Waals surface area contributed by atoms with E-state index in [-0.39, 0.29) is 17.6 Å². The number of aromatic nitrogens is 3. The van der Waals surface area contributed by atoms with Gasteiger partial charge >= 0.3 is 5.97 Å². The number of carboxylic acid groups (broad SMARTS) is 1. The lowest BCUT2D eigenvalue weighted by molar-refractivity contribution is 0.0697. The Bertz CT molecular complexity index is 1440. The van der Waals surface area contributed by atoms with Gasteiger partial charge in [-0.25, -0.2) is 4.79 Å². The van der Waals surface area contributed by atoms with Crippen LogP contribution in [0.4, 0.5) is 0 Å². The minimum atomic E-state index is -0.942. The Hall–Kier alpha value is -4.04. The standard InChI is InChI=1S/C28H27N5O2S/c1-17-9-10-21(27(34)35)14-24(17)33-18(2)13-22(19(33)3)26-25(23-8-4-5-12-30-23)31-28(36)32(26)16-20-7-6-11-29-15-20/h4-15,25-26H,16H2,1-3H3,(H,31,36)(H,34,35). The summed E-state index contributed by atoms with van der Waals surface area (Å²) < 4.78 is 2.14. The highest BCUT2D eigenvalue weighted by Crippen LogP contribution is 2.42. The van der Waals surface area contributed by atoms with Gasteiger partial charge in [-0.3, -0.25) is 9.97 Å². The largest absolute Gasteiger partial charge is 0.478 e. The molecule has 8 heteroatoms. The van der Waals surface area contributed by atoms with Crippen LogP contribution in [-0.4, -0.2) is 35.6 Å². The van der Waals surface area contributed by atoms with E-state index >= 15 is 0 Å². The Kier molecular flexibility index (Phi) is 6.28. The molecule has 5 rings (SSSR count). The van der Waals surface area contributed by atoms with Crippen molar-refractivity contribution in [3.8, 4) is 5.69 Å². The van der Waals surface area contributed by atoms with E-state index in [1.807, 2.05) is 56.4 Å². The summed E-state index contributed by atoms with van der Waals surface area (Å²) >= 11 is 5.83. The monoisotopic (exact) mass is 497 g/mol. The number of nitrogens with zero attached hydrogens (tertiary/aromatic N) is 4. The van der Waals surface area contributed by atoms with Crippen LogP contribution < -0.4 is 5.32 Å². The van der Waals surface area contributed by atoms with Crippen molar-refractivity contribution in [1.29, 1.82) is 0 Å². The lowest BCUT2D eigenvalue weighted by atomic mass is 9.96. The third kappa shape index (κ3) is 4.24. The third-order valence-corrected chi connectivity index (χ3v) is 7.11. The lowest BCUT2D eigenvalue weighted by Gasteiger charge is -2.28. The average molecular weight is 498 g/mol. The number of nitrogens with one attached hydrogen (secondary N) is 1. The topological polar surface area (TPSA) is 83.3 Å². The van der Waals surface area contributed by atoms with Gasteiger partial charge in [-0.2, -0.15) is 0 Å². The maximum Gasteiger partial charge on any atom is 0.335 e. The van der Waals surface area contributed by atoms with Crippen molar-refractivity contribution < 1.29 is 9.90 Å². The van der Waals surface area contributed by atoms with E-state index in [9.17, 15) is 9.90 Å². The lowest BCUT2D eigenvalue weighted by Crippen LogP contribution is -2.29. The highest BCUT2D eigenvalue weighted by molar-refractivity contribution is 7.80. The Morgan fingerprint density at radius 2 is 1.92 bits per heavy atom. The molecule has 0 radical (unpaired) electrons. The number of carboxylic acids is 1. The Morgan fingerprint density at radius 1 is 1.08 bits per heavy atom. The quantitative estimate of drug-likeness (QED) is 0.360. The maximum absolute atomic E-state index is 11.7. The first-order valence-electron chi connectivity index (χ1n) is 11.7. The fourth-order valence-corrected chi connectivity index (χ4v) is 5.35. The van der Waals surface area contributed by atoms with Crippen LogP contribution >= 0.6 is 12.2 Å². The van der Waals surface area contributed by atoms with Gasteiger partial charge in [0.1, 0.15) is 0 Å². The minimum Gasteiger partial charge on any atom is -0.478 e. The van der Waals surface area contributed by atoms with E-state index in [0.29, 0.717) is 11.7 Å². The number of aryl methyl sites for hydroxylation is 2. The molecule has 3 aromatic heterocycles. The second-order valence-electron chi connectivity index (χ2n) is 9.08. The highest BCUT2D eigenvalue weighted by Gasteiger charge is 2.41. The molecule has 0 amide bonds. The van der Waals surface area contributed by atoms with E-state index in [4.69, 9.17) is 12.2 Å². The average Bonchev–Trinajstić information content (AvgIpc) is 3.35. The molecule has 1 fully saturated rings. The molecule has 4 aromatic rings. The molecule has 7 nitrogen and oxygen atoms in total. The summed E-state index contributed by atoms with van der Waals surface area (Å²) in [5.74, 6) is -0.942. The molecule has 0 aliphatic carbocycles. The molecule has 0 bridgehead atoms. The molecule has 4 heterocycles. The second kappa shape index (κ2) is 9.54. The number of hydrogen-bond acceptors (Lipinski definition) is 4. The molecule has 1 aromatic carbocycles. The molecule has 36 heavy (non-hydrogen) atoms. The van der Waals surface area contributed by atoms with Gasteiger partial charge in [0, 0.05) is 42.2 Å². The predicted octanol–water partition coefficient (Wildman–Crippen LogP) is 5.06. The zero-order valence-electron chi connectivity index (χ0n) is 20.3. The molecule has 1 saturated heterocycles. The molecule has 0 spiro atoms. The molecule has 1 aliphatic heterocycles. The Morgan fingerprint density at radius 3 is 2.61 bits per heavy atom. The Labute approximate surface area is 215 Å². The number of rotatable bonds is 6. The van der Waals surface area contributed by atoms with Crippen LogP contribution in [0.2, 0.25) is 0 Å². The van der Waals surface area contributed by atoms with Crippen molar-refractivity contribution in [3.63, 3.8) is 0 Å². The fourth-order valence-electron chi connectivity index (χ4n) is 5.04. The SMILES string of the molecule is Cc1ccc(C(=O)O)cc1-n1c(C)cc(C2C(c3ccccn3)NC(=S)N2Cc2cccnc2)c1C. The third-order valence-electron chi connectivity index (χ3n) is 6.76. The molecular formula is C28H27N5O2S. The van der Waals surface area contributed by atoms with Gasteiger partial charge in [0.2, 0.25) is 0 Å². The van der Waals surface area contributed by atoms with Gasteiger partial charge in [0.25, 0.3) is 0 Å². The van der Waals surface area contributed by atoms with Crippen molar-refractivity contribution in [1.82, 2.24) is 24.8 Å². The minimum absolute atomic E-state index is 0.115. The van der Waals surface area contributed by atoms with Gasteiger partial charge in [-0.1, -0.05) is 18.2 Å². The smallest absolute Gasteiger partial charge is 0.335 e. The number of aromatic carboxylic acids is 1. The molecule has 1 aliphatic rings. The first-order valence-corrected chi connectivity index (χ1v) is 12.2. The molecule has 2 atom stereocenters. The number of hydrogen-bond donors (Lipinski definition) is 2. The van der Waals surface area contributed by atoms with Crippen molar-refractivity contribution in [2.24, 2.45) is 0 Å². The van der Waals surface area contributed by atoms with Crippen LogP contribution in [-0.2, 0) is 6.54 Å². The first-order chi connectivity index (χ1) is 17.3. The maximum atomic E-state index is 11.7. The van der Waals surface area contributed by atoms with Crippen LogP contribution in [0, 0.1) is 20.8 Å². The summed E-state index contributed by atoms with van der Waals surface area (Å²) in [6.07, 6.45) is 5.42. The zero-order chi connectivity index (χ0) is 25.4.